The van der Waals surface area contributed by atoms with E-state index in [-0.39, 0.29) is 11.1 Å². The number of amides is 1. The minimum atomic E-state index is -1.09. The Morgan fingerprint density at radius 3 is 2.33 bits per heavy atom. The lowest BCUT2D eigenvalue weighted by Gasteiger charge is -2.09. The van der Waals surface area contributed by atoms with Gasteiger partial charge in [0.05, 0.1) is 0 Å². The molecule has 2 N–H and O–H groups in total. The van der Waals surface area contributed by atoms with Crippen molar-refractivity contribution in [1.82, 2.24) is 4.57 Å². The van der Waals surface area contributed by atoms with Crippen molar-refractivity contribution in [3.8, 4) is 5.69 Å². The van der Waals surface area contributed by atoms with Crippen LogP contribution in [0.2, 0.25) is 0 Å². The van der Waals surface area contributed by atoms with E-state index >= 15 is 0 Å². The molecule has 0 aliphatic heterocycles. The van der Waals surface area contributed by atoms with Crippen molar-refractivity contribution in [1.29, 1.82) is 0 Å². The van der Waals surface area contributed by atoms with Crippen molar-refractivity contribution in [2.45, 2.75) is 13.8 Å². The van der Waals surface area contributed by atoms with Gasteiger partial charge in [-0.2, -0.15) is 0 Å². The number of aliphatic carboxylic acids is 1. The number of anilines is 1. The quantitative estimate of drug-likeness (QED) is 0.848. The minimum absolute atomic E-state index is 0.0362. The number of benzene rings is 1. The summed E-state index contributed by atoms with van der Waals surface area (Å²) in [5.74, 6) is -1.51. The molecule has 0 saturated carbocycles. The van der Waals surface area contributed by atoms with Gasteiger partial charge in [0.25, 0.3) is 5.91 Å². The van der Waals surface area contributed by atoms with Crippen LogP contribution in [0.5, 0.6) is 0 Å². The first-order valence-electron chi connectivity index (χ1n) is 6.44. The van der Waals surface area contributed by atoms with E-state index in [1.54, 1.807) is 6.07 Å². The van der Waals surface area contributed by atoms with Crippen molar-refractivity contribution in [2.24, 2.45) is 0 Å². The number of carbonyl (C=O) groups is 2. The van der Waals surface area contributed by atoms with Crippen LogP contribution in [0.15, 0.2) is 59.9 Å². The van der Waals surface area contributed by atoms with E-state index < -0.39 is 11.9 Å². The summed E-state index contributed by atoms with van der Waals surface area (Å²) < 4.78 is 1.92. The predicted octanol–water partition coefficient (Wildman–Crippen LogP) is 2.84. The van der Waals surface area contributed by atoms with Crippen molar-refractivity contribution in [3.63, 3.8) is 0 Å². The molecule has 5 nitrogen and oxygen atoms in total. The van der Waals surface area contributed by atoms with E-state index in [1.165, 1.54) is 13.8 Å². The molecule has 2 aromatic rings. The third-order valence-corrected chi connectivity index (χ3v) is 3.23. The monoisotopic (exact) mass is 284 g/mol. The first kappa shape index (κ1) is 14.6. The summed E-state index contributed by atoms with van der Waals surface area (Å²) in [6.07, 6.45) is 3.81. The van der Waals surface area contributed by atoms with E-state index in [1.807, 2.05) is 47.3 Å². The van der Waals surface area contributed by atoms with Crippen LogP contribution >= 0.6 is 0 Å². The lowest BCUT2D eigenvalue weighted by atomic mass is 10.1. The van der Waals surface area contributed by atoms with E-state index in [2.05, 4.69) is 5.32 Å². The van der Waals surface area contributed by atoms with Crippen molar-refractivity contribution < 1.29 is 14.7 Å². The van der Waals surface area contributed by atoms with Gasteiger partial charge in [-0.3, -0.25) is 4.79 Å². The van der Waals surface area contributed by atoms with Gasteiger partial charge in [-0.1, -0.05) is 6.07 Å². The molecule has 21 heavy (non-hydrogen) atoms. The summed E-state index contributed by atoms with van der Waals surface area (Å²) in [5, 5.41) is 11.6. The summed E-state index contributed by atoms with van der Waals surface area (Å²) >= 11 is 0. The number of hydrogen-bond acceptors (Lipinski definition) is 2. The summed E-state index contributed by atoms with van der Waals surface area (Å²) in [4.78, 5) is 22.9. The molecule has 0 spiro atoms. The van der Waals surface area contributed by atoms with Gasteiger partial charge >= 0.3 is 5.97 Å². The molecule has 0 bridgehead atoms. The number of rotatable bonds is 4. The van der Waals surface area contributed by atoms with Crippen LogP contribution in [-0.2, 0) is 9.59 Å². The second-order valence-electron chi connectivity index (χ2n) is 4.65. The Labute approximate surface area is 122 Å². The number of carbonyl (C=O) groups excluding carboxylic acids is 1. The van der Waals surface area contributed by atoms with Crippen molar-refractivity contribution >= 4 is 17.6 Å². The number of nitrogens with zero attached hydrogens (tertiary/aromatic N) is 1. The van der Waals surface area contributed by atoms with Gasteiger partial charge in [0.2, 0.25) is 0 Å². The van der Waals surface area contributed by atoms with Gasteiger partial charge in [0.1, 0.15) is 0 Å². The largest absolute Gasteiger partial charge is 0.478 e. The molecular weight excluding hydrogens is 268 g/mol. The number of hydrogen-bond donors (Lipinski definition) is 2. The number of nitrogens with one attached hydrogen (secondary N) is 1. The Morgan fingerprint density at radius 1 is 1.05 bits per heavy atom. The van der Waals surface area contributed by atoms with Gasteiger partial charge in [-0.25, -0.2) is 4.79 Å². The maximum absolute atomic E-state index is 12.0. The fraction of sp³-hybridized carbons (Fsp3) is 0.125. The molecule has 0 saturated heterocycles. The smallest absolute Gasteiger partial charge is 0.331 e. The number of carboxylic acid groups (broad SMARTS) is 1. The van der Waals surface area contributed by atoms with Crippen LogP contribution in [0.1, 0.15) is 13.8 Å². The fourth-order valence-corrected chi connectivity index (χ4v) is 1.81. The second-order valence-corrected chi connectivity index (χ2v) is 4.65. The Morgan fingerprint density at radius 2 is 1.71 bits per heavy atom. The zero-order chi connectivity index (χ0) is 15.4. The average molecular weight is 284 g/mol. The Kier molecular flexibility index (Phi) is 4.23. The summed E-state index contributed by atoms with van der Waals surface area (Å²) in [6, 6.07) is 11.1. The SMILES string of the molecule is CC(C(=O)O)=C(C)C(=O)Nc1cccc(-n2cccc2)c1. The predicted molar refractivity (Wildman–Crippen MR) is 80.4 cm³/mol. The molecule has 0 unspecified atom stereocenters. The lowest BCUT2D eigenvalue weighted by Crippen LogP contribution is -2.16. The number of aromatic nitrogens is 1. The Bertz CT molecular complexity index is 700. The Balaban J connectivity index is 2.21. The third kappa shape index (κ3) is 3.39. The molecule has 0 radical (unpaired) electrons. The molecule has 1 aromatic carbocycles. The summed E-state index contributed by atoms with van der Waals surface area (Å²) in [7, 11) is 0. The molecule has 108 valence electrons. The van der Waals surface area contributed by atoms with Crippen LogP contribution < -0.4 is 5.32 Å². The Hall–Kier alpha value is -2.82. The molecule has 1 aromatic heterocycles. The molecule has 0 atom stereocenters. The topological polar surface area (TPSA) is 71.3 Å². The van der Waals surface area contributed by atoms with Crippen LogP contribution in [0.25, 0.3) is 5.69 Å². The van der Waals surface area contributed by atoms with E-state index in [4.69, 9.17) is 5.11 Å². The summed E-state index contributed by atoms with van der Waals surface area (Å²) in [6.45, 7) is 2.90. The van der Waals surface area contributed by atoms with Crippen LogP contribution in [-0.4, -0.2) is 21.6 Å². The van der Waals surface area contributed by atoms with E-state index in [0.29, 0.717) is 5.69 Å². The average Bonchev–Trinajstić information content (AvgIpc) is 3.00. The maximum Gasteiger partial charge on any atom is 0.331 e. The zero-order valence-electron chi connectivity index (χ0n) is 11.8. The maximum atomic E-state index is 12.0. The van der Waals surface area contributed by atoms with Crippen LogP contribution in [0.4, 0.5) is 5.69 Å². The third-order valence-electron chi connectivity index (χ3n) is 3.23. The molecule has 1 heterocycles. The summed E-state index contributed by atoms with van der Waals surface area (Å²) in [5.41, 5.74) is 1.75. The molecule has 5 heteroatoms. The molecule has 0 aliphatic carbocycles. The lowest BCUT2D eigenvalue weighted by molar-refractivity contribution is -0.133. The van der Waals surface area contributed by atoms with Crippen molar-refractivity contribution in [2.75, 3.05) is 5.32 Å². The van der Waals surface area contributed by atoms with Gasteiger partial charge in [0, 0.05) is 34.9 Å². The molecule has 1 amide bonds. The highest BCUT2D eigenvalue weighted by Crippen LogP contribution is 2.16. The van der Waals surface area contributed by atoms with Gasteiger partial charge in [-0.05, 0) is 44.2 Å². The first-order chi connectivity index (χ1) is 9.99. The normalized spacial score (nSPS) is 11.7. The molecular formula is C16H16N2O3. The van der Waals surface area contributed by atoms with Crippen LogP contribution in [0.3, 0.4) is 0 Å². The minimum Gasteiger partial charge on any atom is -0.478 e. The molecule has 0 aliphatic rings. The molecule has 2 rings (SSSR count). The van der Waals surface area contributed by atoms with E-state index in [9.17, 15) is 9.59 Å². The van der Waals surface area contributed by atoms with E-state index in [0.717, 1.165) is 5.69 Å². The number of carboxylic acids is 1. The fourth-order valence-electron chi connectivity index (χ4n) is 1.81. The standard InChI is InChI=1S/C16H16N2O3/c1-11(12(2)16(20)21)15(19)17-13-6-5-7-14(10-13)18-8-3-4-9-18/h3-10H,1-2H3,(H,17,19)(H,20,21). The van der Waals surface area contributed by atoms with Gasteiger partial charge in [-0.15, -0.1) is 0 Å². The first-order valence-corrected chi connectivity index (χ1v) is 6.44. The second kappa shape index (κ2) is 6.09. The van der Waals surface area contributed by atoms with Gasteiger partial charge < -0.3 is 15.0 Å². The highest BCUT2D eigenvalue weighted by Gasteiger charge is 2.12. The highest BCUT2D eigenvalue weighted by molar-refractivity contribution is 6.08. The van der Waals surface area contributed by atoms with Gasteiger partial charge in [0.15, 0.2) is 0 Å². The zero-order valence-corrected chi connectivity index (χ0v) is 11.8. The highest BCUT2D eigenvalue weighted by atomic mass is 16.4. The van der Waals surface area contributed by atoms with Crippen molar-refractivity contribution in [3.05, 3.63) is 59.9 Å². The molecule has 0 fully saturated rings. The van der Waals surface area contributed by atoms with Crippen LogP contribution in [0, 0.1) is 0 Å².